The van der Waals surface area contributed by atoms with Crippen molar-refractivity contribution < 1.29 is 4.74 Å². The Balaban J connectivity index is 2.99. The lowest BCUT2D eigenvalue weighted by Gasteiger charge is -2.04. The van der Waals surface area contributed by atoms with Crippen LogP contribution < -0.4 is 10.5 Å². The van der Waals surface area contributed by atoms with Crippen molar-refractivity contribution in [3.8, 4) is 18.1 Å². The number of hydrogen-bond acceptors (Lipinski definition) is 2. The van der Waals surface area contributed by atoms with Gasteiger partial charge in [-0.05, 0) is 25.1 Å². The van der Waals surface area contributed by atoms with Crippen molar-refractivity contribution in [2.24, 2.45) is 0 Å². The summed E-state index contributed by atoms with van der Waals surface area (Å²) in [6.07, 6.45) is 5.23. The molecule has 0 aliphatic heterocycles. The normalized spacial score (nSPS) is 9.00. The lowest BCUT2D eigenvalue weighted by atomic mass is 10.2. The van der Waals surface area contributed by atoms with E-state index in [1.165, 1.54) is 0 Å². The molecule has 0 saturated heterocycles. The van der Waals surface area contributed by atoms with Crippen molar-refractivity contribution in [2.75, 3.05) is 12.3 Å². The maximum Gasteiger partial charge on any atom is 0.120 e. The van der Waals surface area contributed by atoms with Gasteiger partial charge < -0.3 is 10.5 Å². The van der Waals surface area contributed by atoms with Crippen molar-refractivity contribution in [3.63, 3.8) is 0 Å². The van der Waals surface area contributed by atoms with Gasteiger partial charge in [-0.15, -0.1) is 6.42 Å². The van der Waals surface area contributed by atoms with Crippen molar-refractivity contribution in [3.05, 3.63) is 23.8 Å². The largest absolute Gasteiger partial charge is 0.494 e. The molecule has 0 saturated carbocycles. The molecule has 0 heterocycles. The number of nitrogen functional groups attached to an aromatic ring is 1. The Hall–Kier alpha value is -1.62. The van der Waals surface area contributed by atoms with Crippen LogP contribution in [-0.4, -0.2) is 6.61 Å². The molecule has 0 radical (unpaired) electrons. The minimum absolute atomic E-state index is 0.612. The van der Waals surface area contributed by atoms with Gasteiger partial charge in [0.2, 0.25) is 0 Å². The molecule has 0 amide bonds. The average Bonchev–Trinajstić information content (AvgIpc) is 2.09. The van der Waals surface area contributed by atoms with Crippen LogP contribution in [0.4, 0.5) is 5.69 Å². The zero-order valence-corrected chi connectivity index (χ0v) is 7.00. The molecular weight excluding hydrogens is 150 g/mol. The number of ether oxygens (including phenoxy) is 1. The predicted molar refractivity (Wildman–Crippen MR) is 50.0 cm³/mol. The minimum Gasteiger partial charge on any atom is -0.494 e. The van der Waals surface area contributed by atoms with E-state index in [-0.39, 0.29) is 0 Å². The molecule has 1 aromatic rings. The highest BCUT2D eigenvalue weighted by atomic mass is 16.5. The molecule has 0 spiro atoms. The van der Waals surface area contributed by atoms with Gasteiger partial charge in [-0.3, -0.25) is 0 Å². The fourth-order valence-electron chi connectivity index (χ4n) is 0.917. The number of nitrogens with two attached hydrogens (primary N) is 1. The Morgan fingerprint density at radius 3 is 2.92 bits per heavy atom. The average molecular weight is 161 g/mol. The molecule has 1 aromatic carbocycles. The van der Waals surface area contributed by atoms with E-state index in [0.717, 1.165) is 5.75 Å². The Bertz CT molecular complexity index is 312. The van der Waals surface area contributed by atoms with Gasteiger partial charge in [0.25, 0.3) is 0 Å². The molecule has 2 nitrogen and oxygen atoms in total. The Kier molecular flexibility index (Phi) is 2.60. The van der Waals surface area contributed by atoms with Crippen LogP contribution in [0.2, 0.25) is 0 Å². The van der Waals surface area contributed by atoms with E-state index in [9.17, 15) is 0 Å². The predicted octanol–water partition coefficient (Wildman–Crippen LogP) is 1.65. The van der Waals surface area contributed by atoms with Crippen LogP contribution in [0.5, 0.6) is 5.75 Å². The minimum atomic E-state index is 0.612. The summed E-state index contributed by atoms with van der Waals surface area (Å²) in [4.78, 5) is 0. The number of anilines is 1. The van der Waals surface area contributed by atoms with Crippen molar-refractivity contribution in [1.82, 2.24) is 0 Å². The molecule has 0 atom stereocenters. The Morgan fingerprint density at radius 2 is 2.33 bits per heavy atom. The van der Waals surface area contributed by atoms with E-state index in [2.05, 4.69) is 5.92 Å². The fraction of sp³-hybridized carbons (Fsp3) is 0.200. The van der Waals surface area contributed by atoms with Crippen LogP contribution in [0.3, 0.4) is 0 Å². The number of hydrogen-bond donors (Lipinski definition) is 1. The Labute approximate surface area is 72.3 Å². The van der Waals surface area contributed by atoms with Gasteiger partial charge in [0, 0.05) is 5.69 Å². The van der Waals surface area contributed by atoms with Crippen LogP contribution in [0, 0.1) is 12.3 Å². The quantitative estimate of drug-likeness (QED) is 0.528. The molecule has 0 unspecified atom stereocenters. The summed E-state index contributed by atoms with van der Waals surface area (Å²) in [5.74, 6) is 3.25. The van der Waals surface area contributed by atoms with E-state index in [1.807, 2.05) is 6.92 Å². The Morgan fingerprint density at radius 1 is 1.58 bits per heavy atom. The molecule has 12 heavy (non-hydrogen) atoms. The molecule has 0 aliphatic carbocycles. The highest BCUT2D eigenvalue weighted by Gasteiger charge is 1.97. The van der Waals surface area contributed by atoms with Crippen LogP contribution in [0.15, 0.2) is 18.2 Å². The van der Waals surface area contributed by atoms with E-state index in [1.54, 1.807) is 18.2 Å². The van der Waals surface area contributed by atoms with E-state index < -0.39 is 0 Å². The highest BCUT2D eigenvalue weighted by molar-refractivity contribution is 5.57. The molecule has 2 N–H and O–H groups in total. The maximum atomic E-state index is 5.60. The summed E-state index contributed by atoms with van der Waals surface area (Å²) >= 11 is 0. The van der Waals surface area contributed by atoms with Crippen molar-refractivity contribution in [2.45, 2.75) is 6.92 Å². The topological polar surface area (TPSA) is 35.2 Å². The SMILES string of the molecule is C#Cc1cc(OCC)ccc1N. The second-order valence-electron chi connectivity index (χ2n) is 2.33. The lowest BCUT2D eigenvalue weighted by molar-refractivity contribution is 0.340. The third-order valence-electron chi connectivity index (χ3n) is 1.49. The second kappa shape index (κ2) is 3.68. The third kappa shape index (κ3) is 1.70. The zero-order chi connectivity index (χ0) is 8.97. The first kappa shape index (κ1) is 8.48. The number of terminal acetylenes is 1. The number of benzene rings is 1. The molecule has 0 fully saturated rings. The monoisotopic (exact) mass is 161 g/mol. The van der Waals surface area contributed by atoms with Gasteiger partial charge in [0.1, 0.15) is 5.75 Å². The summed E-state index contributed by atoms with van der Waals surface area (Å²) in [7, 11) is 0. The van der Waals surface area contributed by atoms with Gasteiger partial charge in [0.05, 0.1) is 12.2 Å². The lowest BCUT2D eigenvalue weighted by Crippen LogP contribution is -1.94. The summed E-state index contributed by atoms with van der Waals surface area (Å²) in [5, 5.41) is 0. The van der Waals surface area contributed by atoms with E-state index in [0.29, 0.717) is 17.9 Å². The first-order valence-corrected chi connectivity index (χ1v) is 3.77. The first-order valence-electron chi connectivity index (χ1n) is 3.77. The third-order valence-corrected chi connectivity index (χ3v) is 1.49. The molecule has 1 rings (SSSR count). The van der Waals surface area contributed by atoms with Crippen LogP contribution >= 0.6 is 0 Å². The zero-order valence-electron chi connectivity index (χ0n) is 7.00. The molecule has 0 aliphatic rings. The summed E-state index contributed by atoms with van der Waals surface area (Å²) < 4.78 is 5.25. The standard InChI is InChI=1S/C10H11NO/c1-3-8-7-9(12-4-2)5-6-10(8)11/h1,5-7H,4,11H2,2H3. The molecule has 62 valence electrons. The summed E-state index contributed by atoms with van der Waals surface area (Å²) in [6, 6.07) is 5.32. The summed E-state index contributed by atoms with van der Waals surface area (Å²) in [5.41, 5.74) is 6.89. The smallest absolute Gasteiger partial charge is 0.120 e. The molecule has 0 bridgehead atoms. The van der Waals surface area contributed by atoms with Crippen LogP contribution in [0.1, 0.15) is 12.5 Å². The van der Waals surface area contributed by atoms with Crippen LogP contribution in [0.25, 0.3) is 0 Å². The molecular formula is C10H11NO. The van der Waals surface area contributed by atoms with Crippen molar-refractivity contribution >= 4 is 5.69 Å². The number of rotatable bonds is 2. The van der Waals surface area contributed by atoms with Gasteiger partial charge >= 0.3 is 0 Å². The molecule has 0 aromatic heterocycles. The van der Waals surface area contributed by atoms with Crippen molar-refractivity contribution in [1.29, 1.82) is 0 Å². The highest BCUT2D eigenvalue weighted by Crippen LogP contribution is 2.18. The maximum absolute atomic E-state index is 5.60. The van der Waals surface area contributed by atoms with Gasteiger partial charge in [-0.25, -0.2) is 0 Å². The van der Waals surface area contributed by atoms with E-state index >= 15 is 0 Å². The fourth-order valence-corrected chi connectivity index (χ4v) is 0.917. The van der Waals surface area contributed by atoms with Gasteiger partial charge in [-0.1, -0.05) is 5.92 Å². The second-order valence-corrected chi connectivity index (χ2v) is 2.33. The van der Waals surface area contributed by atoms with Gasteiger partial charge in [-0.2, -0.15) is 0 Å². The van der Waals surface area contributed by atoms with Gasteiger partial charge in [0.15, 0.2) is 0 Å². The molecule has 2 heteroatoms. The first-order chi connectivity index (χ1) is 5.77. The van der Waals surface area contributed by atoms with E-state index in [4.69, 9.17) is 16.9 Å². The van der Waals surface area contributed by atoms with Crippen LogP contribution in [-0.2, 0) is 0 Å². The summed E-state index contributed by atoms with van der Waals surface area (Å²) in [6.45, 7) is 2.56.